The Hall–Kier alpha value is -1.90. The molecule has 2 rings (SSSR count). The smallest absolute Gasteiger partial charge is 0.132 e. The fraction of sp³-hybridized carbons (Fsp3) is 0.333. The van der Waals surface area contributed by atoms with Gasteiger partial charge in [0.1, 0.15) is 11.6 Å². The molecule has 0 fully saturated rings. The molecule has 0 aliphatic carbocycles. The van der Waals surface area contributed by atoms with Gasteiger partial charge in [-0.25, -0.2) is 9.97 Å². The van der Waals surface area contributed by atoms with Gasteiger partial charge in [0.05, 0.1) is 5.69 Å². The van der Waals surface area contributed by atoms with Crippen molar-refractivity contribution < 1.29 is 0 Å². The fourth-order valence-electron chi connectivity index (χ4n) is 2.26. The molecule has 0 unspecified atom stereocenters. The zero-order valence-electron chi connectivity index (χ0n) is 11.6. The Kier molecular flexibility index (Phi) is 3.32. The molecule has 1 heterocycles. The molecule has 94 valence electrons. The Morgan fingerprint density at radius 2 is 1.50 bits per heavy atom. The van der Waals surface area contributed by atoms with Gasteiger partial charge in [-0.2, -0.15) is 0 Å². The van der Waals surface area contributed by atoms with Gasteiger partial charge in [-0.1, -0.05) is 17.2 Å². The monoisotopic (exact) mass is 241 g/mol. The highest BCUT2D eigenvalue weighted by atomic mass is 15.0. The second kappa shape index (κ2) is 4.77. The summed E-state index contributed by atoms with van der Waals surface area (Å²) in [7, 11) is 1.89. The van der Waals surface area contributed by atoms with Gasteiger partial charge in [-0.3, -0.25) is 0 Å². The van der Waals surface area contributed by atoms with Crippen LogP contribution in [-0.2, 0) is 0 Å². The molecule has 0 amide bonds. The van der Waals surface area contributed by atoms with E-state index in [4.69, 9.17) is 0 Å². The Bertz CT molecular complexity index is 568. The van der Waals surface area contributed by atoms with Gasteiger partial charge in [-0.05, 0) is 39.8 Å². The summed E-state index contributed by atoms with van der Waals surface area (Å²) in [4.78, 5) is 8.98. The summed E-state index contributed by atoms with van der Waals surface area (Å²) >= 11 is 0. The lowest BCUT2D eigenvalue weighted by atomic mass is 10.0. The van der Waals surface area contributed by atoms with Gasteiger partial charge < -0.3 is 5.32 Å². The van der Waals surface area contributed by atoms with Gasteiger partial charge in [-0.15, -0.1) is 0 Å². The van der Waals surface area contributed by atoms with Crippen LogP contribution in [0.5, 0.6) is 0 Å². The molecule has 3 nitrogen and oxygen atoms in total. The van der Waals surface area contributed by atoms with E-state index in [9.17, 15) is 0 Å². The van der Waals surface area contributed by atoms with Gasteiger partial charge >= 0.3 is 0 Å². The van der Waals surface area contributed by atoms with Crippen LogP contribution in [0.2, 0.25) is 0 Å². The molecule has 0 aliphatic rings. The van der Waals surface area contributed by atoms with E-state index in [1.807, 2.05) is 14.0 Å². The van der Waals surface area contributed by atoms with Crippen molar-refractivity contribution in [3.8, 4) is 11.3 Å². The predicted molar refractivity (Wildman–Crippen MR) is 76.0 cm³/mol. The minimum atomic E-state index is 0.791. The number of nitrogens with zero attached hydrogens (tertiary/aromatic N) is 2. The van der Waals surface area contributed by atoms with Crippen molar-refractivity contribution >= 4 is 5.82 Å². The number of nitrogens with one attached hydrogen (secondary N) is 1. The minimum Gasteiger partial charge on any atom is -0.373 e. The second-order valence-corrected chi connectivity index (χ2v) is 4.72. The molecule has 3 heteroatoms. The third-order valence-corrected chi connectivity index (χ3v) is 2.99. The first-order valence-electron chi connectivity index (χ1n) is 6.13. The Morgan fingerprint density at radius 3 is 2.06 bits per heavy atom. The van der Waals surface area contributed by atoms with Crippen molar-refractivity contribution in [1.29, 1.82) is 0 Å². The van der Waals surface area contributed by atoms with E-state index in [0.29, 0.717) is 0 Å². The van der Waals surface area contributed by atoms with Crippen molar-refractivity contribution in [1.82, 2.24) is 9.97 Å². The molecule has 2 aromatic rings. The number of hydrogen-bond donors (Lipinski definition) is 1. The Balaban J connectivity index is 2.66. The quantitative estimate of drug-likeness (QED) is 0.875. The summed E-state index contributed by atoms with van der Waals surface area (Å²) in [6, 6.07) is 6.51. The van der Waals surface area contributed by atoms with Crippen LogP contribution < -0.4 is 5.32 Å². The average Bonchev–Trinajstić information content (AvgIpc) is 2.30. The fourth-order valence-corrected chi connectivity index (χ4v) is 2.26. The molecule has 1 N–H and O–H groups in total. The third kappa shape index (κ3) is 2.35. The maximum absolute atomic E-state index is 4.58. The van der Waals surface area contributed by atoms with E-state index < -0.39 is 0 Å². The van der Waals surface area contributed by atoms with Crippen molar-refractivity contribution in [2.45, 2.75) is 27.7 Å². The van der Waals surface area contributed by atoms with Crippen LogP contribution in [0.1, 0.15) is 22.5 Å². The van der Waals surface area contributed by atoms with Crippen molar-refractivity contribution in [2.75, 3.05) is 12.4 Å². The van der Waals surface area contributed by atoms with Crippen molar-refractivity contribution in [2.24, 2.45) is 0 Å². The summed E-state index contributed by atoms with van der Waals surface area (Å²) in [5.74, 6) is 1.69. The van der Waals surface area contributed by atoms with E-state index in [1.165, 1.54) is 11.1 Å². The Morgan fingerprint density at radius 1 is 0.889 bits per heavy atom. The molecule has 0 spiro atoms. The van der Waals surface area contributed by atoms with Gasteiger partial charge in [0, 0.05) is 18.2 Å². The summed E-state index contributed by atoms with van der Waals surface area (Å²) in [5, 5.41) is 3.12. The summed E-state index contributed by atoms with van der Waals surface area (Å²) < 4.78 is 0. The molecule has 18 heavy (non-hydrogen) atoms. The van der Waals surface area contributed by atoms with Gasteiger partial charge in [0.25, 0.3) is 0 Å². The zero-order valence-corrected chi connectivity index (χ0v) is 11.6. The lowest BCUT2D eigenvalue weighted by Crippen LogP contribution is -2.02. The molecule has 0 bridgehead atoms. The van der Waals surface area contributed by atoms with Crippen LogP contribution in [0.25, 0.3) is 11.3 Å². The predicted octanol–water partition coefficient (Wildman–Crippen LogP) is 3.42. The molecule has 0 radical (unpaired) electrons. The van der Waals surface area contributed by atoms with Gasteiger partial charge in [0.15, 0.2) is 0 Å². The maximum atomic E-state index is 4.58. The van der Waals surface area contributed by atoms with Gasteiger partial charge in [0.2, 0.25) is 0 Å². The van der Waals surface area contributed by atoms with Crippen molar-refractivity contribution in [3.63, 3.8) is 0 Å². The topological polar surface area (TPSA) is 37.8 Å². The van der Waals surface area contributed by atoms with Crippen LogP contribution in [-0.4, -0.2) is 17.0 Å². The highest BCUT2D eigenvalue weighted by molar-refractivity contribution is 5.69. The van der Waals surface area contributed by atoms with Crippen LogP contribution in [0.15, 0.2) is 18.2 Å². The van der Waals surface area contributed by atoms with E-state index in [-0.39, 0.29) is 0 Å². The van der Waals surface area contributed by atoms with Crippen LogP contribution >= 0.6 is 0 Å². The number of rotatable bonds is 2. The van der Waals surface area contributed by atoms with Crippen molar-refractivity contribution in [3.05, 3.63) is 40.7 Å². The highest BCUT2D eigenvalue weighted by Crippen LogP contribution is 2.27. The van der Waals surface area contributed by atoms with Crippen LogP contribution in [0.3, 0.4) is 0 Å². The second-order valence-electron chi connectivity index (χ2n) is 4.72. The van der Waals surface area contributed by atoms with E-state index >= 15 is 0 Å². The summed E-state index contributed by atoms with van der Waals surface area (Å²) in [6.07, 6.45) is 0. The molecule has 1 aromatic carbocycles. The number of anilines is 1. The van der Waals surface area contributed by atoms with E-state index in [1.54, 1.807) is 0 Å². The number of hydrogen-bond acceptors (Lipinski definition) is 3. The molecule has 0 aliphatic heterocycles. The summed E-state index contributed by atoms with van der Waals surface area (Å²) in [5.41, 5.74) is 5.78. The lowest BCUT2D eigenvalue weighted by molar-refractivity contribution is 1.04. The van der Waals surface area contributed by atoms with Crippen LogP contribution in [0.4, 0.5) is 5.82 Å². The standard InChI is InChI=1S/C15H19N3/c1-9-6-10(2)8-13(7-9)14-11(3)15(16-5)18-12(4)17-14/h6-8H,1-5H3,(H,16,17,18). The highest BCUT2D eigenvalue weighted by Gasteiger charge is 2.10. The first-order valence-corrected chi connectivity index (χ1v) is 6.13. The van der Waals surface area contributed by atoms with E-state index in [0.717, 1.165) is 28.5 Å². The number of aryl methyl sites for hydroxylation is 3. The average molecular weight is 241 g/mol. The molecule has 0 saturated heterocycles. The molecular weight excluding hydrogens is 222 g/mol. The lowest BCUT2D eigenvalue weighted by Gasteiger charge is -2.12. The third-order valence-electron chi connectivity index (χ3n) is 2.99. The largest absolute Gasteiger partial charge is 0.373 e. The first-order chi connectivity index (χ1) is 8.51. The minimum absolute atomic E-state index is 0.791. The zero-order chi connectivity index (χ0) is 13.3. The molecular formula is C15H19N3. The molecule has 0 atom stereocenters. The molecule has 0 saturated carbocycles. The normalized spacial score (nSPS) is 10.5. The first kappa shape index (κ1) is 12.6. The van der Waals surface area contributed by atoms with Crippen LogP contribution in [0, 0.1) is 27.7 Å². The maximum Gasteiger partial charge on any atom is 0.132 e. The molecule has 1 aromatic heterocycles. The Labute approximate surface area is 108 Å². The van der Waals surface area contributed by atoms with E-state index in [2.05, 4.69) is 54.3 Å². The SMILES string of the molecule is CNc1nc(C)nc(-c2cc(C)cc(C)c2)c1C. The number of aromatic nitrogens is 2. The summed E-state index contributed by atoms with van der Waals surface area (Å²) in [6.45, 7) is 8.20. The number of benzene rings is 1.